The summed E-state index contributed by atoms with van der Waals surface area (Å²) in [7, 11) is 0. The molecule has 0 atom stereocenters. The van der Waals surface area contributed by atoms with Gasteiger partial charge in [-0.3, -0.25) is 0 Å². The Labute approximate surface area is 468 Å². The highest BCUT2D eigenvalue weighted by molar-refractivity contribution is 6.16. The summed E-state index contributed by atoms with van der Waals surface area (Å²) in [6, 6.07) is 104. The minimum atomic E-state index is -0.308. The van der Waals surface area contributed by atoms with Crippen LogP contribution in [0.2, 0.25) is 0 Å². The summed E-state index contributed by atoms with van der Waals surface area (Å²) >= 11 is 0. The third-order valence-corrected chi connectivity index (χ3v) is 17.8. The number of para-hydroxylation sites is 6. The second-order valence-electron chi connectivity index (χ2n) is 22.4. The second kappa shape index (κ2) is 17.3. The molecule has 0 amide bonds. The number of nitrogens with zero attached hydrogens (tertiary/aromatic N) is 4. The fourth-order valence-corrected chi connectivity index (χ4v) is 14.2. The van der Waals surface area contributed by atoms with E-state index in [1.54, 1.807) is 0 Å². The zero-order chi connectivity index (χ0) is 53.5. The van der Waals surface area contributed by atoms with Crippen molar-refractivity contribution in [3.8, 4) is 39.3 Å². The van der Waals surface area contributed by atoms with Gasteiger partial charge in [-0.05, 0) is 136 Å². The van der Waals surface area contributed by atoms with Crippen molar-refractivity contribution in [2.24, 2.45) is 0 Å². The highest BCUT2D eigenvalue weighted by Gasteiger charge is 2.37. The van der Waals surface area contributed by atoms with Gasteiger partial charge in [0.15, 0.2) is 0 Å². The minimum absolute atomic E-state index is 0.308. The molecule has 4 nitrogen and oxygen atoms in total. The van der Waals surface area contributed by atoms with E-state index in [0.717, 1.165) is 28.4 Å². The first-order valence-electron chi connectivity index (χ1n) is 28.2. The van der Waals surface area contributed by atoms with Gasteiger partial charge >= 0.3 is 0 Å². The highest BCUT2D eigenvalue weighted by atomic mass is 15.1. The van der Waals surface area contributed by atoms with E-state index in [9.17, 15) is 0 Å². The molecule has 4 heteroatoms. The predicted octanol–water partition coefficient (Wildman–Crippen LogP) is 20.7. The Kier molecular flexibility index (Phi) is 9.73. The van der Waals surface area contributed by atoms with Crippen LogP contribution in [0.5, 0.6) is 0 Å². The molecule has 0 N–H and O–H groups in total. The van der Waals surface area contributed by atoms with Crippen molar-refractivity contribution in [1.29, 1.82) is 0 Å². The number of fused-ring (bicyclic) bond motifs is 14. The third kappa shape index (κ3) is 6.59. The lowest BCUT2D eigenvalue weighted by molar-refractivity contribution is 0.660. The number of aromatic nitrogens is 3. The van der Waals surface area contributed by atoms with E-state index >= 15 is 0 Å². The maximum atomic E-state index is 2.55. The lowest BCUT2D eigenvalue weighted by atomic mass is 9.82. The van der Waals surface area contributed by atoms with Gasteiger partial charge in [-0.2, -0.15) is 0 Å². The van der Waals surface area contributed by atoms with E-state index in [-0.39, 0.29) is 5.41 Å². The Balaban J connectivity index is 0.870. The van der Waals surface area contributed by atoms with Gasteiger partial charge in [0, 0.05) is 71.0 Å². The van der Waals surface area contributed by atoms with Crippen LogP contribution in [0.25, 0.3) is 126 Å². The van der Waals surface area contributed by atoms with Crippen LogP contribution in [-0.2, 0) is 5.41 Å². The van der Waals surface area contributed by atoms with Crippen molar-refractivity contribution in [1.82, 2.24) is 13.7 Å². The molecule has 17 rings (SSSR count). The number of hydrogen-bond donors (Lipinski definition) is 0. The van der Waals surface area contributed by atoms with Crippen LogP contribution >= 0.6 is 0 Å². The normalized spacial score (nSPS) is 12.9. The van der Waals surface area contributed by atoms with E-state index in [4.69, 9.17) is 0 Å². The first-order valence-corrected chi connectivity index (χ1v) is 28.2. The Hall–Kier alpha value is -10.4. The molecule has 1 aliphatic rings. The molecule has 3 aromatic heterocycles. The summed E-state index contributed by atoms with van der Waals surface area (Å²) in [6.07, 6.45) is 0. The van der Waals surface area contributed by atoms with Crippen LogP contribution in [-0.4, -0.2) is 13.7 Å². The molecule has 380 valence electrons. The Morgan fingerprint density at radius 2 is 0.691 bits per heavy atom. The van der Waals surface area contributed by atoms with Crippen molar-refractivity contribution in [3.05, 3.63) is 290 Å². The zero-order valence-electron chi connectivity index (χ0n) is 44.8. The first-order chi connectivity index (χ1) is 40.0. The van der Waals surface area contributed by atoms with Gasteiger partial charge in [0.05, 0.1) is 50.2 Å². The molecule has 3 heterocycles. The highest BCUT2D eigenvalue weighted by Crippen LogP contribution is 2.53. The van der Waals surface area contributed by atoms with Crippen molar-refractivity contribution >= 4 is 104 Å². The van der Waals surface area contributed by atoms with Crippen LogP contribution in [0.3, 0.4) is 0 Å². The van der Waals surface area contributed by atoms with E-state index in [1.807, 2.05) is 0 Å². The Morgan fingerprint density at radius 1 is 0.272 bits per heavy atom. The summed E-state index contributed by atoms with van der Waals surface area (Å²) in [6.45, 7) is 4.82. The molecule has 0 saturated carbocycles. The number of rotatable bonds is 7. The Bertz CT molecular complexity index is 5170. The van der Waals surface area contributed by atoms with E-state index in [1.165, 1.54) is 126 Å². The van der Waals surface area contributed by atoms with Gasteiger partial charge in [-0.15, -0.1) is 0 Å². The smallest absolute Gasteiger partial charge is 0.0542 e. The van der Waals surface area contributed by atoms with Crippen LogP contribution < -0.4 is 4.90 Å². The molecule has 0 unspecified atom stereocenters. The molecule has 0 fully saturated rings. The molecular weight excluding hydrogens is 981 g/mol. The van der Waals surface area contributed by atoms with Crippen molar-refractivity contribution in [2.75, 3.05) is 4.90 Å². The molecule has 13 aromatic carbocycles. The molecule has 81 heavy (non-hydrogen) atoms. The number of benzene rings is 13. The maximum Gasteiger partial charge on any atom is 0.0542 e. The average molecular weight is 1030 g/mol. The molecule has 0 aliphatic heterocycles. The molecule has 1 aliphatic carbocycles. The third-order valence-electron chi connectivity index (χ3n) is 17.8. The van der Waals surface area contributed by atoms with Crippen LogP contribution in [0.15, 0.2) is 279 Å². The second-order valence-corrected chi connectivity index (χ2v) is 22.4. The van der Waals surface area contributed by atoms with Gasteiger partial charge in [0.2, 0.25) is 0 Å². The standard InChI is InChI=1S/C77H52N4/c1-77(2)66-47-51(79-68-31-15-10-26-58(68)59-27-11-16-32-69(59)79)37-39-55(66)56-40-38-52(48-67(56)77)80(74-44-45-75(63-25-9-8-24-62(63)74)81-71-34-18-12-28-60(71)61-29-13-19-35-72(61)81)73-43-41-53(54-22-6-7-23-57(54)73)49-36-42-76-65(46-49)64-30-14-17-33-70(64)78(76)50-20-4-3-5-21-50/h3-48H,1-2H3. The van der Waals surface area contributed by atoms with Gasteiger partial charge < -0.3 is 18.6 Å². The lowest BCUT2D eigenvalue weighted by Crippen LogP contribution is -2.17. The fraction of sp³-hybridized carbons (Fsp3) is 0.0390. The predicted molar refractivity (Wildman–Crippen MR) is 342 cm³/mol. The first kappa shape index (κ1) is 45.6. The molecular formula is C77H52N4. The molecule has 0 radical (unpaired) electrons. The molecule has 0 spiro atoms. The fourth-order valence-electron chi connectivity index (χ4n) is 14.2. The number of anilines is 3. The molecule has 0 saturated heterocycles. The van der Waals surface area contributed by atoms with Crippen LogP contribution in [0.1, 0.15) is 25.0 Å². The van der Waals surface area contributed by atoms with Gasteiger partial charge in [0.25, 0.3) is 0 Å². The topological polar surface area (TPSA) is 18.0 Å². The van der Waals surface area contributed by atoms with E-state index in [2.05, 4.69) is 312 Å². The summed E-state index contributed by atoms with van der Waals surface area (Å²) in [5.41, 5.74) is 21.3. The summed E-state index contributed by atoms with van der Waals surface area (Å²) in [5, 5.41) is 12.2. The lowest BCUT2D eigenvalue weighted by Gasteiger charge is -2.31. The zero-order valence-corrected chi connectivity index (χ0v) is 44.8. The van der Waals surface area contributed by atoms with Crippen molar-refractivity contribution < 1.29 is 0 Å². The summed E-state index contributed by atoms with van der Waals surface area (Å²) in [4.78, 5) is 2.55. The Morgan fingerprint density at radius 3 is 1.28 bits per heavy atom. The monoisotopic (exact) mass is 1030 g/mol. The van der Waals surface area contributed by atoms with Gasteiger partial charge in [0.1, 0.15) is 0 Å². The minimum Gasteiger partial charge on any atom is -0.309 e. The van der Waals surface area contributed by atoms with Gasteiger partial charge in [-0.25, -0.2) is 0 Å². The van der Waals surface area contributed by atoms with Crippen molar-refractivity contribution in [3.63, 3.8) is 0 Å². The maximum absolute atomic E-state index is 2.55. The molecule has 0 bridgehead atoms. The molecule has 16 aromatic rings. The summed E-state index contributed by atoms with van der Waals surface area (Å²) < 4.78 is 7.30. The average Bonchev–Trinajstić information content (AvgIpc) is 4.45. The van der Waals surface area contributed by atoms with Crippen LogP contribution in [0.4, 0.5) is 17.1 Å². The SMILES string of the molecule is CC1(C)c2cc(N(c3ccc(-c4ccc5c(c4)c4ccccc4n5-c4ccccc4)c4ccccc34)c3ccc(-n4c5ccccc5c5ccccc54)c4ccccc34)ccc2-c2ccc(-n3c4ccccc4c4ccccc43)cc21. The van der Waals surface area contributed by atoms with Gasteiger partial charge in [-0.1, -0.05) is 196 Å². The van der Waals surface area contributed by atoms with Crippen molar-refractivity contribution in [2.45, 2.75) is 19.3 Å². The largest absolute Gasteiger partial charge is 0.309 e. The van der Waals surface area contributed by atoms with Crippen LogP contribution in [0, 0.1) is 0 Å². The quantitative estimate of drug-likeness (QED) is 0.156. The van der Waals surface area contributed by atoms with E-state index in [0.29, 0.717) is 0 Å². The summed E-state index contributed by atoms with van der Waals surface area (Å²) in [5.74, 6) is 0. The number of hydrogen-bond acceptors (Lipinski definition) is 1. The van der Waals surface area contributed by atoms with E-state index < -0.39 is 0 Å².